The van der Waals surface area contributed by atoms with Crippen molar-refractivity contribution in [2.45, 2.75) is 33.2 Å². The van der Waals surface area contributed by atoms with Gasteiger partial charge in [-0.1, -0.05) is 6.92 Å². The van der Waals surface area contributed by atoms with Crippen LogP contribution >= 0.6 is 7.36 Å². The minimum Gasteiger partial charge on any atom is -0.272 e. The molecule has 1 saturated heterocycles. The molecule has 1 heterocycles. The van der Waals surface area contributed by atoms with Crippen LogP contribution in [0.15, 0.2) is 4.74 Å². The van der Waals surface area contributed by atoms with Gasteiger partial charge in [-0.25, -0.2) is 0 Å². The van der Waals surface area contributed by atoms with E-state index in [0.29, 0.717) is 6.04 Å². The first-order chi connectivity index (χ1) is 6.10. The number of hydrogen-bond acceptors (Lipinski definition) is 1. The smallest absolute Gasteiger partial charge is 0.0940 e. The van der Waals surface area contributed by atoms with Gasteiger partial charge in [0.05, 0.1) is 7.36 Å². The van der Waals surface area contributed by atoms with Crippen LogP contribution in [0.2, 0.25) is 0 Å². The molecule has 0 aromatic carbocycles. The van der Waals surface area contributed by atoms with Gasteiger partial charge in [0.15, 0.2) is 0 Å². The highest BCUT2D eigenvalue weighted by atomic mass is 31.2. The van der Waals surface area contributed by atoms with E-state index in [1.807, 2.05) is 0 Å². The summed E-state index contributed by atoms with van der Waals surface area (Å²) in [5, 5.41) is 3.63. The molecule has 1 rings (SSSR count). The maximum absolute atomic E-state index is 4.89. The molecule has 1 unspecified atom stereocenters. The minimum atomic E-state index is -1.31. The molecule has 1 fully saturated rings. The lowest BCUT2D eigenvalue weighted by Gasteiger charge is -2.38. The van der Waals surface area contributed by atoms with Crippen molar-refractivity contribution in [3.05, 3.63) is 0 Å². The molecule has 0 radical (unpaired) electrons. The molecule has 3 nitrogen and oxygen atoms in total. The van der Waals surface area contributed by atoms with Gasteiger partial charge in [-0.05, 0) is 27.3 Å². The number of nitrogens with zero attached hydrogens (tertiary/aromatic N) is 2. The molecular formula is C9H22N3P. The Labute approximate surface area is 82.1 Å². The van der Waals surface area contributed by atoms with Crippen LogP contribution in [0.4, 0.5) is 0 Å². The zero-order chi connectivity index (χ0) is 9.90. The summed E-state index contributed by atoms with van der Waals surface area (Å²) in [6.07, 6.45) is 2.41. The van der Waals surface area contributed by atoms with Gasteiger partial charge in [-0.15, -0.1) is 0 Å². The Morgan fingerprint density at radius 2 is 2.23 bits per heavy atom. The maximum atomic E-state index is 4.89. The van der Waals surface area contributed by atoms with E-state index in [1.54, 1.807) is 0 Å². The zero-order valence-corrected chi connectivity index (χ0v) is 10.1. The maximum Gasteiger partial charge on any atom is 0.0940 e. The van der Waals surface area contributed by atoms with Gasteiger partial charge in [-0.3, -0.25) is 14.5 Å². The van der Waals surface area contributed by atoms with Crippen LogP contribution in [-0.2, 0) is 0 Å². The van der Waals surface area contributed by atoms with Gasteiger partial charge in [0, 0.05) is 25.3 Å². The molecule has 78 valence electrons. The topological polar surface area (TPSA) is 27.6 Å². The van der Waals surface area contributed by atoms with E-state index in [2.05, 4.69) is 37.6 Å². The summed E-state index contributed by atoms with van der Waals surface area (Å²) in [7, 11) is 0.894. The average Bonchev–Trinajstić information content (AvgIpc) is 2.08. The van der Waals surface area contributed by atoms with Crippen molar-refractivity contribution in [2.75, 3.05) is 26.3 Å². The summed E-state index contributed by atoms with van der Waals surface area (Å²) < 4.78 is 7.33. The minimum absolute atomic E-state index is 0.446. The lowest BCUT2D eigenvalue weighted by atomic mass is 10.4. The largest absolute Gasteiger partial charge is 0.272 e. The molecule has 0 aliphatic carbocycles. The van der Waals surface area contributed by atoms with Crippen molar-refractivity contribution >= 4 is 7.36 Å². The monoisotopic (exact) mass is 203 g/mol. The van der Waals surface area contributed by atoms with E-state index < -0.39 is 7.36 Å². The molecule has 0 amide bonds. The van der Waals surface area contributed by atoms with Gasteiger partial charge in [-0.2, -0.15) is 0 Å². The van der Waals surface area contributed by atoms with Crippen LogP contribution in [0.25, 0.3) is 0 Å². The van der Waals surface area contributed by atoms with E-state index in [-0.39, 0.29) is 0 Å². The molecule has 0 aromatic heterocycles. The van der Waals surface area contributed by atoms with E-state index in [0.717, 1.165) is 12.7 Å². The number of rotatable bonds is 2. The van der Waals surface area contributed by atoms with E-state index in [4.69, 9.17) is 4.74 Å². The van der Waals surface area contributed by atoms with Crippen molar-refractivity contribution < 1.29 is 0 Å². The van der Waals surface area contributed by atoms with Gasteiger partial charge >= 0.3 is 0 Å². The third-order valence-corrected chi connectivity index (χ3v) is 6.24. The molecule has 0 spiro atoms. The third-order valence-electron chi connectivity index (χ3n) is 2.45. The Balaban J connectivity index is 2.88. The first-order valence-electron chi connectivity index (χ1n) is 5.18. The van der Waals surface area contributed by atoms with E-state index in [9.17, 15) is 0 Å². The second-order valence-electron chi connectivity index (χ2n) is 3.90. The van der Waals surface area contributed by atoms with Gasteiger partial charge < -0.3 is 0 Å². The Kier molecular flexibility index (Phi) is 3.96. The molecule has 1 aliphatic heterocycles. The Morgan fingerprint density at radius 3 is 2.69 bits per heavy atom. The first-order valence-corrected chi connectivity index (χ1v) is 7.06. The molecule has 0 saturated carbocycles. The summed E-state index contributed by atoms with van der Waals surface area (Å²) in [5.41, 5.74) is 0. The number of nitrogens with one attached hydrogen (secondary N) is 1. The van der Waals surface area contributed by atoms with Crippen molar-refractivity contribution in [1.82, 2.24) is 9.76 Å². The predicted molar refractivity (Wildman–Crippen MR) is 60.3 cm³/mol. The van der Waals surface area contributed by atoms with Gasteiger partial charge in [0.2, 0.25) is 0 Å². The van der Waals surface area contributed by atoms with Gasteiger partial charge in [0.1, 0.15) is 0 Å². The fourth-order valence-electron chi connectivity index (χ4n) is 1.80. The summed E-state index contributed by atoms with van der Waals surface area (Å²) in [5.74, 6) is 0. The van der Waals surface area contributed by atoms with Crippen LogP contribution in [0.1, 0.15) is 27.2 Å². The van der Waals surface area contributed by atoms with E-state index >= 15 is 0 Å². The SMILES string of the molecule is CCP1(=NC(C)C)NCCCN1C. The summed E-state index contributed by atoms with van der Waals surface area (Å²) in [4.78, 5) is 0. The van der Waals surface area contributed by atoms with Crippen molar-refractivity contribution in [2.24, 2.45) is 4.74 Å². The third kappa shape index (κ3) is 2.55. The highest BCUT2D eigenvalue weighted by molar-refractivity contribution is 7.61. The average molecular weight is 203 g/mol. The molecule has 1 atom stereocenters. The highest BCUT2D eigenvalue weighted by Crippen LogP contribution is 2.49. The lowest BCUT2D eigenvalue weighted by molar-refractivity contribution is 0.476. The zero-order valence-electron chi connectivity index (χ0n) is 9.25. The van der Waals surface area contributed by atoms with Crippen molar-refractivity contribution in [1.29, 1.82) is 0 Å². The quantitative estimate of drug-likeness (QED) is 0.698. The summed E-state index contributed by atoms with van der Waals surface area (Å²) in [6.45, 7) is 8.92. The fraction of sp³-hybridized carbons (Fsp3) is 1.00. The highest BCUT2D eigenvalue weighted by Gasteiger charge is 2.25. The molecule has 4 heteroatoms. The first kappa shape index (κ1) is 11.2. The van der Waals surface area contributed by atoms with Crippen LogP contribution in [0.5, 0.6) is 0 Å². The molecule has 0 aromatic rings. The second kappa shape index (κ2) is 4.59. The van der Waals surface area contributed by atoms with Gasteiger partial charge in [0.25, 0.3) is 0 Å². The lowest BCUT2D eigenvalue weighted by Crippen LogP contribution is -2.34. The van der Waals surface area contributed by atoms with Crippen LogP contribution in [0, 0.1) is 0 Å². The van der Waals surface area contributed by atoms with Crippen LogP contribution in [0.3, 0.4) is 0 Å². The number of hydrogen-bond donors (Lipinski definition) is 1. The Hall–Kier alpha value is 0.150. The van der Waals surface area contributed by atoms with Crippen molar-refractivity contribution in [3.8, 4) is 0 Å². The van der Waals surface area contributed by atoms with E-state index in [1.165, 1.54) is 13.0 Å². The molecule has 13 heavy (non-hydrogen) atoms. The molecule has 0 bridgehead atoms. The molecular weight excluding hydrogens is 181 g/mol. The predicted octanol–water partition coefficient (Wildman–Crippen LogP) is 2.37. The van der Waals surface area contributed by atoms with Crippen LogP contribution < -0.4 is 5.09 Å². The standard InChI is InChI=1S/C9H22N3P/c1-5-13(11-9(2)3)10-7-6-8-12(13)4/h9-10H,5-8H2,1-4H3. The molecule has 1 N–H and O–H groups in total. The summed E-state index contributed by atoms with van der Waals surface area (Å²) in [6, 6.07) is 0.446. The summed E-state index contributed by atoms with van der Waals surface area (Å²) >= 11 is 0. The van der Waals surface area contributed by atoms with Crippen molar-refractivity contribution in [3.63, 3.8) is 0 Å². The Morgan fingerprint density at radius 1 is 1.54 bits per heavy atom. The fourth-order valence-corrected chi connectivity index (χ4v) is 4.92. The normalized spacial score (nSPS) is 30.8. The van der Waals surface area contributed by atoms with Crippen LogP contribution in [-0.4, -0.2) is 37.0 Å². The Bertz CT molecular complexity index is 213. The molecule has 1 aliphatic rings. The second-order valence-corrected chi connectivity index (χ2v) is 7.22.